The normalized spacial score (nSPS) is 14.6. The minimum absolute atomic E-state index is 0.292. The van der Waals surface area contributed by atoms with Crippen LogP contribution in [0.15, 0.2) is 30.3 Å². The van der Waals surface area contributed by atoms with Crippen LogP contribution in [0.5, 0.6) is 6.01 Å². The molecule has 2 N–H and O–H groups in total. The summed E-state index contributed by atoms with van der Waals surface area (Å²) in [5.41, 5.74) is 10.8. The fourth-order valence-electron chi connectivity index (χ4n) is 4.06. The first-order chi connectivity index (χ1) is 14.7. The highest BCUT2D eigenvalue weighted by molar-refractivity contribution is 5.87. The van der Waals surface area contributed by atoms with E-state index in [9.17, 15) is 0 Å². The van der Waals surface area contributed by atoms with Crippen molar-refractivity contribution < 1.29 is 9.47 Å². The van der Waals surface area contributed by atoms with Gasteiger partial charge in [0.2, 0.25) is 0 Å². The number of anilines is 1. The Balaban J connectivity index is 1.57. The highest BCUT2D eigenvalue weighted by Gasteiger charge is 2.16. The first-order valence-electron chi connectivity index (χ1n) is 10.8. The van der Waals surface area contributed by atoms with Gasteiger partial charge in [0.1, 0.15) is 18.1 Å². The summed E-state index contributed by atoms with van der Waals surface area (Å²) in [6.07, 6.45) is 3.53. The second kappa shape index (κ2) is 9.45. The zero-order valence-electron chi connectivity index (χ0n) is 17.9. The maximum atomic E-state index is 6.21. The van der Waals surface area contributed by atoms with E-state index in [1.165, 1.54) is 42.8 Å². The predicted octanol–water partition coefficient (Wildman–Crippen LogP) is 3.25. The van der Waals surface area contributed by atoms with E-state index in [2.05, 4.69) is 56.7 Å². The third-order valence-corrected chi connectivity index (χ3v) is 5.70. The number of benzene rings is 1. The second-order valence-corrected chi connectivity index (χ2v) is 7.85. The van der Waals surface area contributed by atoms with Gasteiger partial charge in [-0.25, -0.2) is 0 Å². The lowest BCUT2D eigenvalue weighted by Crippen LogP contribution is -2.18. The van der Waals surface area contributed by atoms with E-state index in [0.717, 1.165) is 30.5 Å². The summed E-state index contributed by atoms with van der Waals surface area (Å²) in [5.74, 6) is 0.446. The molecule has 0 atom stereocenters. The number of rotatable bonds is 9. The van der Waals surface area contributed by atoms with Crippen molar-refractivity contribution in [1.29, 1.82) is 0 Å². The Morgan fingerprint density at radius 1 is 1.00 bits per heavy atom. The van der Waals surface area contributed by atoms with Crippen LogP contribution in [0.3, 0.4) is 0 Å². The maximum Gasteiger partial charge on any atom is 0.320 e. The minimum Gasteiger partial charge on any atom is -0.461 e. The molecule has 30 heavy (non-hydrogen) atoms. The van der Waals surface area contributed by atoms with E-state index in [-0.39, 0.29) is 0 Å². The van der Waals surface area contributed by atoms with Gasteiger partial charge in [-0.1, -0.05) is 31.2 Å². The quantitative estimate of drug-likeness (QED) is 0.547. The summed E-state index contributed by atoms with van der Waals surface area (Å²) in [6, 6.07) is 11.3. The van der Waals surface area contributed by atoms with Gasteiger partial charge in [0, 0.05) is 25.9 Å². The van der Waals surface area contributed by atoms with E-state index < -0.39 is 0 Å². The molecule has 0 aliphatic carbocycles. The van der Waals surface area contributed by atoms with E-state index in [1.807, 2.05) is 0 Å². The molecule has 1 saturated heterocycles. The highest BCUT2D eigenvalue weighted by atomic mass is 16.5. The Bertz CT molecular complexity index is 977. The van der Waals surface area contributed by atoms with Crippen LogP contribution in [0.1, 0.15) is 36.6 Å². The van der Waals surface area contributed by atoms with Crippen LogP contribution in [-0.2, 0) is 24.2 Å². The number of hydrogen-bond donors (Lipinski definition) is 1. The van der Waals surface area contributed by atoms with Crippen molar-refractivity contribution >= 4 is 16.9 Å². The summed E-state index contributed by atoms with van der Waals surface area (Å²) in [4.78, 5) is 11.5. The van der Waals surface area contributed by atoms with E-state index in [1.54, 1.807) is 7.11 Å². The molecule has 0 unspecified atom stereocenters. The molecule has 4 rings (SSSR count). The van der Waals surface area contributed by atoms with Crippen LogP contribution in [0.25, 0.3) is 11.0 Å². The third-order valence-electron chi connectivity index (χ3n) is 5.70. The van der Waals surface area contributed by atoms with Crippen molar-refractivity contribution in [2.75, 3.05) is 39.1 Å². The topological polar surface area (TPSA) is 78.4 Å². The van der Waals surface area contributed by atoms with Crippen molar-refractivity contribution in [3.8, 4) is 6.01 Å². The Kier molecular flexibility index (Phi) is 6.50. The summed E-state index contributed by atoms with van der Waals surface area (Å²) in [5, 5.41) is 0.872. The van der Waals surface area contributed by atoms with Crippen molar-refractivity contribution in [1.82, 2.24) is 19.4 Å². The molecule has 0 bridgehead atoms. The number of nitrogen functional groups attached to an aromatic ring is 1. The molecule has 160 valence electrons. The van der Waals surface area contributed by atoms with Gasteiger partial charge in [0.05, 0.1) is 12.0 Å². The number of nitrogens with two attached hydrogens (primary N) is 1. The lowest BCUT2D eigenvalue weighted by Gasteiger charge is -2.15. The van der Waals surface area contributed by atoms with Crippen molar-refractivity contribution in [2.24, 2.45) is 0 Å². The van der Waals surface area contributed by atoms with Gasteiger partial charge >= 0.3 is 6.01 Å². The third kappa shape index (κ3) is 4.57. The van der Waals surface area contributed by atoms with Crippen LogP contribution < -0.4 is 10.5 Å². The van der Waals surface area contributed by atoms with Gasteiger partial charge in [-0.3, -0.25) is 4.90 Å². The molecule has 7 nitrogen and oxygen atoms in total. The molecule has 0 spiro atoms. The zero-order chi connectivity index (χ0) is 20.9. The van der Waals surface area contributed by atoms with Gasteiger partial charge in [0.15, 0.2) is 0 Å². The van der Waals surface area contributed by atoms with Crippen LogP contribution >= 0.6 is 0 Å². The summed E-state index contributed by atoms with van der Waals surface area (Å²) >= 11 is 0. The first-order valence-corrected chi connectivity index (χ1v) is 10.8. The monoisotopic (exact) mass is 409 g/mol. The fourth-order valence-corrected chi connectivity index (χ4v) is 4.06. The molecule has 1 aliphatic heterocycles. The van der Waals surface area contributed by atoms with Crippen molar-refractivity contribution in [2.45, 2.75) is 39.3 Å². The van der Waals surface area contributed by atoms with Crippen molar-refractivity contribution in [3.05, 3.63) is 47.2 Å². The SMILES string of the molecule is CCc1cc2c(N)nc(OCCOC)nc2n1Cc1ccc(CN2CCCC2)cc1. The van der Waals surface area contributed by atoms with E-state index in [4.69, 9.17) is 15.2 Å². The maximum absolute atomic E-state index is 6.21. The Morgan fingerprint density at radius 3 is 2.37 bits per heavy atom. The van der Waals surface area contributed by atoms with Gasteiger partial charge in [-0.15, -0.1) is 0 Å². The predicted molar refractivity (Wildman–Crippen MR) is 119 cm³/mol. The number of nitrogens with zero attached hydrogens (tertiary/aromatic N) is 4. The van der Waals surface area contributed by atoms with Gasteiger partial charge < -0.3 is 19.8 Å². The van der Waals surface area contributed by atoms with E-state index in [0.29, 0.717) is 25.0 Å². The Morgan fingerprint density at radius 2 is 1.70 bits per heavy atom. The number of ether oxygens (including phenoxy) is 2. The number of likely N-dealkylation sites (tertiary alicyclic amines) is 1. The van der Waals surface area contributed by atoms with E-state index >= 15 is 0 Å². The molecule has 1 aromatic carbocycles. The highest BCUT2D eigenvalue weighted by Crippen LogP contribution is 2.26. The van der Waals surface area contributed by atoms with Gasteiger partial charge in [0.25, 0.3) is 0 Å². The number of methoxy groups -OCH3 is 1. The molecule has 1 aliphatic rings. The standard InChI is InChI=1S/C23H31N5O2/c1-3-19-14-20-21(24)25-23(30-13-12-29-2)26-22(20)28(19)16-18-8-6-17(7-9-18)15-27-10-4-5-11-27/h6-9,14H,3-5,10-13,15-16H2,1-2H3,(H2,24,25,26). The molecule has 3 heterocycles. The summed E-state index contributed by atoms with van der Waals surface area (Å²) in [7, 11) is 1.64. The van der Waals surface area contributed by atoms with Gasteiger partial charge in [-0.05, 0) is 49.5 Å². The second-order valence-electron chi connectivity index (χ2n) is 7.85. The summed E-state index contributed by atoms with van der Waals surface area (Å²) in [6.45, 7) is 7.22. The minimum atomic E-state index is 0.292. The zero-order valence-corrected chi connectivity index (χ0v) is 17.9. The summed E-state index contributed by atoms with van der Waals surface area (Å²) < 4.78 is 12.9. The smallest absolute Gasteiger partial charge is 0.320 e. The fraction of sp³-hybridized carbons (Fsp3) is 0.478. The van der Waals surface area contributed by atoms with Gasteiger partial charge in [-0.2, -0.15) is 9.97 Å². The Labute approximate surface area is 177 Å². The van der Waals surface area contributed by atoms with Crippen LogP contribution in [0.4, 0.5) is 5.82 Å². The number of hydrogen-bond acceptors (Lipinski definition) is 6. The first kappa shape index (κ1) is 20.6. The molecule has 2 aromatic heterocycles. The molecule has 0 radical (unpaired) electrons. The largest absolute Gasteiger partial charge is 0.461 e. The van der Waals surface area contributed by atoms with Crippen molar-refractivity contribution in [3.63, 3.8) is 0 Å². The number of aryl methyl sites for hydroxylation is 1. The lowest BCUT2D eigenvalue weighted by atomic mass is 10.1. The molecular weight excluding hydrogens is 378 g/mol. The average Bonchev–Trinajstić information content (AvgIpc) is 3.38. The number of aromatic nitrogens is 3. The molecule has 3 aromatic rings. The molecule has 0 saturated carbocycles. The average molecular weight is 410 g/mol. The lowest BCUT2D eigenvalue weighted by molar-refractivity contribution is 0.141. The molecule has 0 amide bonds. The molecule has 1 fully saturated rings. The van der Waals surface area contributed by atoms with Crippen LogP contribution in [0, 0.1) is 0 Å². The number of fused-ring (bicyclic) bond motifs is 1. The van der Waals surface area contributed by atoms with Crippen LogP contribution in [0.2, 0.25) is 0 Å². The molecular formula is C23H31N5O2. The molecule has 7 heteroatoms. The van der Waals surface area contributed by atoms with Crippen LogP contribution in [-0.4, -0.2) is 52.8 Å². The Hall–Kier alpha value is -2.64.